The van der Waals surface area contributed by atoms with Gasteiger partial charge >= 0.3 is 0 Å². The van der Waals surface area contributed by atoms with Crippen LogP contribution < -0.4 is 16.0 Å². The lowest BCUT2D eigenvalue weighted by Crippen LogP contribution is -2.29. The minimum atomic E-state index is -0.0661. The highest BCUT2D eigenvalue weighted by molar-refractivity contribution is 5.42. The van der Waals surface area contributed by atoms with Crippen LogP contribution in [0.15, 0.2) is 48.5 Å². The summed E-state index contributed by atoms with van der Waals surface area (Å²) in [4.78, 5) is 0. The maximum atomic E-state index is 5.82. The Morgan fingerprint density at radius 2 is 1.80 bits per heavy atom. The molecule has 2 aromatic rings. The third-order valence-electron chi connectivity index (χ3n) is 3.27. The first-order valence-corrected chi connectivity index (χ1v) is 7.00. The second-order valence-corrected chi connectivity index (χ2v) is 4.90. The van der Waals surface area contributed by atoms with Crippen molar-refractivity contribution in [3.05, 3.63) is 65.2 Å². The third-order valence-corrected chi connectivity index (χ3v) is 3.27. The monoisotopic (exact) mass is 270 g/mol. The maximum Gasteiger partial charge on any atom is 0.124 e. The standard InChI is InChI=1S/C17H22N2O/c1-3-12-20-16-7-5-4-6-15(16)17(19-18)14-10-8-13(2)9-11-14/h4-11,17,19H,3,12,18H2,1-2H3. The fourth-order valence-electron chi connectivity index (χ4n) is 2.19. The molecule has 0 bridgehead atoms. The van der Waals surface area contributed by atoms with Gasteiger partial charge < -0.3 is 4.74 Å². The summed E-state index contributed by atoms with van der Waals surface area (Å²) in [6.45, 7) is 4.89. The van der Waals surface area contributed by atoms with Gasteiger partial charge in [-0.25, -0.2) is 5.43 Å². The number of para-hydroxylation sites is 1. The van der Waals surface area contributed by atoms with Crippen LogP contribution in [-0.2, 0) is 0 Å². The van der Waals surface area contributed by atoms with Gasteiger partial charge in [0.1, 0.15) is 5.75 Å². The number of nitrogens with two attached hydrogens (primary N) is 1. The summed E-state index contributed by atoms with van der Waals surface area (Å²) in [5.41, 5.74) is 6.32. The van der Waals surface area contributed by atoms with Gasteiger partial charge in [-0.1, -0.05) is 55.0 Å². The highest BCUT2D eigenvalue weighted by Gasteiger charge is 2.16. The van der Waals surface area contributed by atoms with Gasteiger partial charge in [-0.3, -0.25) is 5.84 Å². The van der Waals surface area contributed by atoms with Crippen LogP contribution in [0.1, 0.15) is 36.1 Å². The molecule has 0 aliphatic rings. The first-order valence-electron chi connectivity index (χ1n) is 7.00. The fourth-order valence-corrected chi connectivity index (χ4v) is 2.19. The van der Waals surface area contributed by atoms with Crippen molar-refractivity contribution in [3.8, 4) is 5.75 Å². The van der Waals surface area contributed by atoms with E-state index in [0.717, 1.165) is 23.3 Å². The van der Waals surface area contributed by atoms with E-state index >= 15 is 0 Å². The molecule has 0 heterocycles. The Morgan fingerprint density at radius 3 is 2.45 bits per heavy atom. The second-order valence-electron chi connectivity index (χ2n) is 4.90. The van der Waals surface area contributed by atoms with Gasteiger partial charge in [0.15, 0.2) is 0 Å². The fraction of sp³-hybridized carbons (Fsp3) is 0.294. The lowest BCUT2D eigenvalue weighted by atomic mass is 9.97. The SMILES string of the molecule is CCCOc1ccccc1C(NN)c1ccc(C)cc1. The van der Waals surface area contributed by atoms with Crippen molar-refractivity contribution in [3.63, 3.8) is 0 Å². The Hall–Kier alpha value is -1.84. The summed E-state index contributed by atoms with van der Waals surface area (Å²) in [5.74, 6) is 6.65. The number of benzene rings is 2. The van der Waals surface area contributed by atoms with Crippen molar-refractivity contribution in [2.24, 2.45) is 5.84 Å². The van der Waals surface area contributed by atoms with Gasteiger partial charge in [0.2, 0.25) is 0 Å². The topological polar surface area (TPSA) is 47.3 Å². The Bertz CT molecular complexity index is 537. The molecule has 0 saturated heterocycles. The molecule has 3 nitrogen and oxygen atoms in total. The van der Waals surface area contributed by atoms with E-state index in [2.05, 4.69) is 49.6 Å². The molecule has 0 aliphatic carbocycles. The summed E-state index contributed by atoms with van der Waals surface area (Å²) in [6.07, 6.45) is 0.986. The molecule has 0 saturated carbocycles. The number of rotatable bonds is 6. The second kappa shape index (κ2) is 7.08. The maximum absolute atomic E-state index is 5.82. The van der Waals surface area contributed by atoms with Crippen molar-refractivity contribution in [2.75, 3.05) is 6.61 Å². The van der Waals surface area contributed by atoms with Gasteiger partial charge in [-0.05, 0) is 25.0 Å². The smallest absolute Gasteiger partial charge is 0.124 e. The van der Waals surface area contributed by atoms with Crippen LogP contribution >= 0.6 is 0 Å². The van der Waals surface area contributed by atoms with E-state index in [0.29, 0.717) is 6.61 Å². The van der Waals surface area contributed by atoms with Gasteiger partial charge in [-0.15, -0.1) is 0 Å². The van der Waals surface area contributed by atoms with Crippen molar-refractivity contribution < 1.29 is 4.74 Å². The summed E-state index contributed by atoms with van der Waals surface area (Å²) >= 11 is 0. The highest BCUT2D eigenvalue weighted by atomic mass is 16.5. The molecule has 106 valence electrons. The molecule has 2 aromatic carbocycles. The predicted octanol–water partition coefficient (Wildman–Crippen LogP) is 3.34. The van der Waals surface area contributed by atoms with E-state index in [1.807, 2.05) is 18.2 Å². The first kappa shape index (κ1) is 14.6. The molecule has 0 spiro atoms. The Kier molecular flexibility index (Phi) is 5.16. The molecular formula is C17H22N2O. The average molecular weight is 270 g/mol. The van der Waals surface area contributed by atoms with Crippen molar-refractivity contribution in [2.45, 2.75) is 26.3 Å². The average Bonchev–Trinajstić information content (AvgIpc) is 2.49. The molecule has 20 heavy (non-hydrogen) atoms. The zero-order valence-corrected chi connectivity index (χ0v) is 12.1. The highest BCUT2D eigenvalue weighted by Crippen LogP contribution is 2.29. The van der Waals surface area contributed by atoms with E-state index in [-0.39, 0.29) is 6.04 Å². The van der Waals surface area contributed by atoms with Gasteiger partial charge in [0.05, 0.1) is 12.6 Å². The summed E-state index contributed by atoms with van der Waals surface area (Å²) < 4.78 is 5.82. The quantitative estimate of drug-likeness (QED) is 0.625. The minimum Gasteiger partial charge on any atom is -0.493 e. The molecular weight excluding hydrogens is 248 g/mol. The molecule has 0 amide bonds. The predicted molar refractivity (Wildman–Crippen MR) is 82.6 cm³/mol. The van der Waals surface area contributed by atoms with Crippen molar-refractivity contribution in [1.82, 2.24) is 5.43 Å². The molecule has 2 rings (SSSR count). The third kappa shape index (κ3) is 3.38. The van der Waals surface area contributed by atoms with E-state index < -0.39 is 0 Å². The zero-order valence-electron chi connectivity index (χ0n) is 12.1. The normalized spacial score (nSPS) is 12.2. The Morgan fingerprint density at radius 1 is 1.10 bits per heavy atom. The van der Waals surface area contributed by atoms with Crippen LogP contribution in [-0.4, -0.2) is 6.61 Å². The number of hydrogen-bond donors (Lipinski definition) is 2. The Balaban J connectivity index is 2.33. The number of hydrazine groups is 1. The molecule has 3 N–H and O–H groups in total. The lowest BCUT2D eigenvalue weighted by molar-refractivity contribution is 0.311. The molecule has 1 unspecified atom stereocenters. The summed E-state index contributed by atoms with van der Waals surface area (Å²) in [6, 6.07) is 16.3. The van der Waals surface area contributed by atoms with Crippen LogP contribution in [0, 0.1) is 6.92 Å². The van der Waals surface area contributed by atoms with E-state index in [4.69, 9.17) is 10.6 Å². The van der Waals surface area contributed by atoms with Gasteiger partial charge in [-0.2, -0.15) is 0 Å². The molecule has 0 aromatic heterocycles. The van der Waals surface area contributed by atoms with Gasteiger partial charge in [0.25, 0.3) is 0 Å². The van der Waals surface area contributed by atoms with Crippen LogP contribution in [0.25, 0.3) is 0 Å². The molecule has 0 aliphatic heterocycles. The van der Waals surface area contributed by atoms with Crippen LogP contribution in [0.5, 0.6) is 5.75 Å². The van der Waals surface area contributed by atoms with Crippen LogP contribution in [0.3, 0.4) is 0 Å². The molecule has 0 fully saturated rings. The van der Waals surface area contributed by atoms with Crippen molar-refractivity contribution in [1.29, 1.82) is 0 Å². The Labute approximate surface area is 120 Å². The minimum absolute atomic E-state index is 0.0661. The summed E-state index contributed by atoms with van der Waals surface area (Å²) in [7, 11) is 0. The van der Waals surface area contributed by atoms with E-state index in [9.17, 15) is 0 Å². The number of nitrogens with one attached hydrogen (secondary N) is 1. The lowest BCUT2D eigenvalue weighted by Gasteiger charge is -2.20. The first-order chi connectivity index (χ1) is 9.76. The largest absolute Gasteiger partial charge is 0.493 e. The number of hydrogen-bond acceptors (Lipinski definition) is 3. The van der Waals surface area contributed by atoms with E-state index in [1.165, 1.54) is 5.56 Å². The van der Waals surface area contributed by atoms with Gasteiger partial charge in [0, 0.05) is 5.56 Å². The zero-order chi connectivity index (χ0) is 14.4. The molecule has 1 atom stereocenters. The number of ether oxygens (including phenoxy) is 1. The van der Waals surface area contributed by atoms with E-state index in [1.54, 1.807) is 0 Å². The van der Waals surface area contributed by atoms with Crippen molar-refractivity contribution >= 4 is 0 Å². The summed E-state index contributed by atoms with van der Waals surface area (Å²) in [5, 5.41) is 0. The van der Waals surface area contributed by atoms with Crippen LogP contribution in [0.2, 0.25) is 0 Å². The molecule has 3 heteroatoms. The molecule has 0 radical (unpaired) electrons. The number of aryl methyl sites for hydroxylation is 1. The van der Waals surface area contributed by atoms with Crippen LogP contribution in [0.4, 0.5) is 0 Å².